The van der Waals surface area contributed by atoms with Crippen LogP contribution in [0.5, 0.6) is 0 Å². The van der Waals surface area contributed by atoms with E-state index in [0.29, 0.717) is 11.4 Å². The van der Waals surface area contributed by atoms with Gasteiger partial charge in [-0.25, -0.2) is 4.98 Å². The summed E-state index contributed by atoms with van der Waals surface area (Å²) in [5.74, 6) is 0.321. The van der Waals surface area contributed by atoms with E-state index in [1.165, 1.54) is 11.1 Å². The number of pyridine rings is 1. The maximum absolute atomic E-state index is 12.3. The Labute approximate surface area is 155 Å². The number of hydrogen-bond donors (Lipinski definition) is 2. The molecule has 0 aliphatic carbocycles. The average molecular weight is 396 g/mol. The smallest absolute Gasteiger partial charge is 0.257 e. The fourth-order valence-electron chi connectivity index (χ4n) is 2.31. The van der Waals surface area contributed by atoms with Gasteiger partial charge in [-0.05, 0) is 52.7 Å². The SMILES string of the molecule is Cc1ccc(CNc2ccc(NC(=O)c3ccccc3Br)nc2)cc1. The summed E-state index contributed by atoms with van der Waals surface area (Å²) in [6.45, 7) is 2.80. The molecule has 0 radical (unpaired) electrons. The highest BCUT2D eigenvalue weighted by Gasteiger charge is 2.09. The van der Waals surface area contributed by atoms with Crippen molar-refractivity contribution in [3.63, 3.8) is 0 Å². The maximum atomic E-state index is 12.3. The number of anilines is 2. The van der Waals surface area contributed by atoms with Crippen molar-refractivity contribution < 1.29 is 4.79 Å². The third-order valence-corrected chi connectivity index (χ3v) is 4.43. The average Bonchev–Trinajstić information content (AvgIpc) is 2.63. The molecule has 25 heavy (non-hydrogen) atoms. The van der Waals surface area contributed by atoms with Crippen molar-refractivity contribution in [3.8, 4) is 0 Å². The summed E-state index contributed by atoms with van der Waals surface area (Å²) in [6, 6.07) is 19.4. The molecule has 4 nitrogen and oxygen atoms in total. The van der Waals surface area contributed by atoms with Gasteiger partial charge in [0.15, 0.2) is 0 Å². The molecule has 0 aliphatic rings. The van der Waals surface area contributed by atoms with Crippen LogP contribution >= 0.6 is 15.9 Å². The molecule has 1 heterocycles. The molecule has 126 valence electrons. The second-order valence-electron chi connectivity index (χ2n) is 5.71. The van der Waals surface area contributed by atoms with E-state index in [4.69, 9.17) is 0 Å². The lowest BCUT2D eigenvalue weighted by atomic mass is 10.1. The fourth-order valence-corrected chi connectivity index (χ4v) is 2.78. The monoisotopic (exact) mass is 395 g/mol. The van der Waals surface area contributed by atoms with Crippen LogP contribution < -0.4 is 10.6 Å². The first-order chi connectivity index (χ1) is 12.1. The summed E-state index contributed by atoms with van der Waals surface area (Å²) < 4.78 is 0.754. The van der Waals surface area contributed by atoms with Crippen molar-refractivity contribution in [2.24, 2.45) is 0 Å². The molecular formula is C20H18BrN3O. The largest absolute Gasteiger partial charge is 0.380 e. The van der Waals surface area contributed by atoms with Crippen LogP contribution in [-0.4, -0.2) is 10.9 Å². The molecule has 0 spiro atoms. The molecule has 2 aromatic carbocycles. The molecule has 0 saturated carbocycles. The highest BCUT2D eigenvalue weighted by Crippen LogP contribution is 2.18. The van der Waals surface area contributed by atoms with Crippen LogP contribution in [-0.2, 0) is 6.54 Å². The number of rotatable bonds is 5. The molecule has 1 aromatic heterocycles. The fraction of sp³-hybridized carbons (Fsp3) is 0.100. The van der Waals surface area contributed by atoms with Crippen LogP contribution in [0.3, 0.4) is 0 Å². The number of amides is 1. The Morgan fingerprint density at radius 3 is 2.48 bits per heavy atom. The van der Waals surface area contributed by atoms with E-state index in [0.717, 1.165) is 16.7 Å². The Morgan fingerprint density at radius 2 is 1.80 bits per heavy atom. The van der Waals surface area contributed by atoms with Crippen LogP contribution in [0.1, 0.15) is 21.5 Å². The Bertz CT molecular complexity index is 861. The maximum Gasteiger partial charge on any atom is 0.257 e. The predicted octanol–water partition coefficient (Wildman–Crippen LogP) is 5.02. The minimum Gasteiger partial charge on any atom is -0.380 e. The first kappa shape index (κ1) is 17.2. The van der Waals surface area contributed by atoms with E-state index in [1.54, 1.807) is 18.3 Å². The van der Waals surface area contributed by atoms with Crippen molar-refractivity contribution in [3.05, 3.63) is 88.0 Å². The zero-order chi connectivity index (χ0) is 17.6. The van der Waals surface area contributed by atoms with Gasteiger partial charge in [0.25, 0.3) is 5.91 Å². The minimum absolute atomic E-state index is 0.194. The van der Waals surface area contributed by atoms with Gasteiger partial charge in [-0.3, -0.25) is 4.79 Å². The Balaban J connectivity index is 1.59. The zero-order valence-electron chi connectivity index (χ0n) is 13.8. The van der Waals surface area contributed by atoms with Crippen molar-refractivity contribution >= 4 is 33.3 Å². The summed E-state index contributed by atoms with van der Waals surface area (Å²) in [7, 11) is 0. The number of carbonyl (C=O) groups is 1. The van der Waals surface area contributed by atoms with Gasteiger partial charge in [0.05, 0.1) is 17.4 Å². The lowest BCUT2D eigenvalue weighted by molar-refractivity contribution is 0.102. The molecule has 0 saturated heterocycles. The summed E-state index contributed by atoms with van der Waals surface area (Å²) in [4.78, 5) is 16.6. The number of aryl methyl sites for hydroxylation is 1. The molecule has 0 unspecified atom stereocenters. The van der Waals surface area contributed by atoms with E-state index in [1.807, 2.05) is 24.3 Å². The molecular weight excluding hydrogens is 378 g/mol. The summed E-state index contributed by atoms with van der Waals surface area (Å²) in [6.07, 6.45) is 1.71. The molecule has 2 N–H and O–H groups in total. The van der Waals surface area contributed by atoms with Gasteiger partial charge >= 0.3 is 0 Å². The summed E-state index contributed by atoms with van der Waals surface area (Å²) in [5.41, 5.74) is 3.93. The second-order valence-corrected chi connectivity index (χ2v) is 6.56. The lowest BCUT2D eigenvalue weighted by Crippen LogP contribution is -2.13. The van der Waals surface area contributed by atoms with E-state index in [-0.39, 0.29) is 5.91 Å². The second kappa shape index (κ2) is 7.94. The number of nitrogens with zero attached hydrogens (tertiary/aromatic N) is 1. The number of nitrogens with one attached hydrogen (secondary N) is 2. The molecule has 0 aliphatic heterocycles. The van der Waals surface area contributed by atoms with Crippen molar-refractivity contribution in [1.82, 2.24) is 4.98 Å². The van der Waals surface area contributed by atoms with Gasteiger partial charge < -0.3 is 10.6 Å². The number of hydrogen-bond acceptors (Lipinski definition) is 3. The quantitative estimate of drug-likeness (QED) is 0.637. The Kier molecular flexibility index (Phi) is 5.46. The third kappa shape index (κ3) is 4.67. The number of aromatic nitrogens is 1. The van der Waals surface area contributed by atoms with E-state index in [9.17, 15) is 4.79 Å². The Hall–Kier alpha value is -2.66. The van der Waals surface area contributed by atoms with Gasteiger partial charge in [0.1, 0.15) is 5.82 Å². The predicted molar refractivity (Wildman–Crippen MR) is 105 cm³/mol. The first-order valence-corrected chi connectivity index (χ1v) is 8.72. The van der Waals surface area contributed by atoms with Crippen LogP contribution in [0, 0.1) is 6.92 Å². The number of benzene rings is 2. The van der Waals surface area contributed by atoms with Crippen LogP contribution in [0.4, 0.5) is 11.5 Å². The molecule has 0 bridgehead atoms. The lowest BCUT2D eigenvalue weighted by Gasteiger charge is -2.09. The normalized spacial score (nSPS) is 10.3. The zero-order valence-corrected chi connectivity index (χ0v) is 15.4. The molecule has 5 heteroatoms. The summed E-state index contributed by atoms with van der Waals surface area (Å²) >= 11 is 3.38. The van der Waals surface area contributed by atoms with Crippen LogP contribution in [0.25, 0.3) is 0 Å². The van der Waals surface area contributed by atoms with Gasteiger partial charge in [-0.2, -0.15) is 0 Å². The Morgan fingerprint density at radius 1 is 1.04 bits per heavy atom. The summed E-state index contributed by atoms with van der Waals surface area (Å²) in [5, 5.41) is 6.12. The van der Waals surface area contributed by atoms with Gasteiger partial charge in [0.2, 0.25) is 0 Å². The first-order valence-electron chi connectivity index (χ1n) is 7.93. The van der Waals surface area contributed by atoms with Crippen molar-refractivity contribution in [2.45, 2.75) is 13.5 Å². The van der Waals surface area contributed by atoms with Crippen LogP contribution in [0.2, 0.25) is 0 Å². The van der Waals surface area contributed by atoms with Gasteiger partial charge in [0, 0.05) is 11.0 Å². The molecule has 1 amide bonds. The van der Waals surface area contributed by atoms with Crippen LogP contribution in [0.15, 0.2) is 71.3 Å². The highest BCUT2D eigenvalue weighted by atomic mass is 79.9. The van der Waals surface area contributed by atoms with Crippen molar-refractivity contribution in [1.29, 1.82) is 0 Å². The number of halogens is 1. The molecule has 3 aromatic rings. The van der Waals surface area contributed by atoms with E-state index in [2.05, 4.69) is 62.7 Å². The molecule has 3 rings (SSSR count). The van der Waals surface area contributed by atoms with E-state index >= 15 is 0 Å². The highest BCUT2D eigenvalue weighted by molar-refractivity contribution is 9.10. The van der Waals surface area contributed by atoms with Gasteiger partial charge in [-0.15, -0.1) is 0 Å². The van der Waals surface area contributed by atoms with E-state index < -0.39 is 0 Å². The standard InChI is InChI=1S/C20H18BrN3O/c1-14-6-8-15(9-7-14)12-22-16-10-11-19(23-13-16)24-20(25)17-4-2-3-5-18(17)21/h2-11,13,22H,12H2,1H3,(H,23,24,25). The number of carbonyl (C=O) groups excluding carboxylic acids is 1. The molecule has 0 atom stereocenters. The third-order valence-electron chi connectivity index (χ3n) is 3.74. The van der Waals surface area contributed by atoms with Gasteiger partial charge in [-0.1, -0.05) is 42.0 Å². The topological polar surface area (TPSA) is 54.0 Å². The van der Waals surface area contributed by atoms with Crippen molar-refractivity contribution in [2.75, 3.05) is 10.6 Å². The molecule has 0 fully saturated rings. The minimum atomic E-state index is -0.194.